The Morgan fingerprint density at radius 3 is 2.73 bits per heavy atom. The van der Waals surface area contributed by atoms with E-state index in [0.717, 1.165) is 31.4 Å². The Balaban J connectivity index is 1.53. The second-order valence-electron chi connectivity index (χ2n) is 12.0. The van der Waals surface area contributed by atoms with Gasteiger partial charge < -0.3 is 20.5 Å². The lowest BCUT2D eigenvalue weighted by Crippen LogP contribution is -2.61. The van der Waals surface area contributed by atoms with E-state index >= 15 is 0 Å². The molecule has 1 aliphatic carbocycles. The average Bonchev–Trinajstić information content (AvgIpc) is 3.33. The average molecular weight is 455 g/mol. The Bertz CT molecular complexity index is 1080. The molecular formula is C25H32N3O5-. The minimum Gasteiger partial charge on any atom is -0.762 e. The van der Waals surface area contributed by atoms with Gasteiger partial charge in [0.15, 0.2) is 5.78 Å². The van der Waals surface area contributed by atoms with Crippen LogP contribution in [0.1, 0.15) is 75.7 Å². The Labute approximate surface area is 193 Å². The molecule has 1 spiro atoms. The van der Waals surface area contributed by atoms with Crippen LogP contribution in [0.2, 0.25) is 0 Å². The van der Waals surface area contributed by atoms with Gasteiger partial charge in [0.1, 0.15) is 11.4 Å². The third-order valence-corrected chi connectivity index (χ3v) is 9.56. The van der Waals surface area contributed by atoms with Crippen molar-refractivity contribution in [2.75, 3.05) is 18.4 Å². The molecule has 5 aliphatic rings. The zero-order chi connectivity index (χ0) is 23.6. The summed E-state index contributed by atoms with van der Waals surface area (Å²) in [4.78, 5) is 29.3. The van der Waals surface area contributed by atoms with E-state index in [1.54, 1.807) is 6.07 Å². The lowest BCUT2D eigenvalue weighted by molar-refractivity contribution is -0.178. The SMILES string of the molecule is CC1(C)CC(=O)c2c(ccc3c2NC(=O)[C@]32C[C@@]3(N([O-])O)CN4CCC[C@@H]4C[C@@H]3C2(C)C)O1. The number of nitrogens with zero attached hydrogens (tertiary/aromatic N) is 2. The molecular weight excluding hydrogens is 422 g/mol. The predicted molar refractivity (Wildman–Crippen MR) is 121 cm³/mol. The van der Waals surface area contributed by atoms with Crippen LogP contribution in [0.5, 0.6) is 5.75 Å². The van der Waals surface area contributed by atoms with Gasteiger partial charge in [0.05, 0.1) is 28.6 Å². The number of piperidine rings is 1. The number of fused-ring (bicyclic) bond motifs is 6. The number of anilines is 1. The molecule has 0 aromatic heterocycles. The number of benzene rings is 1. The van der Waals surface area contributed by atoms with Crippen LogP contribution in [0.15, 0.2) is 12.1 Å². The van der Waals surface area contributed by atoms with Crippen LogP contribution in [0.25, 0.3) is 0 Å². The number of ketones is 1. The Hall–Kier alpha value is -2.00. The summed E-state index contributed by atoms with van der Waals surface area (Å²) in [5, 5.41) is 26.5. The number of hydrogen-bond donors (Lipinski definition) is 2. The number of Topliss-reactive ketones (excluding diaryl/α,β-unsaturated/α-hetero) is 1. The quantitative estimate of drug-likeness (QED) is 0.626. The fraction of sp³-hybridized carbons (Fsp3) is 0.680. The summed E-state index contributed by atoms with van der Waals surface area (Å²) in [5.41, 5.74) is -1.58. The highest BCUT2D eigenvalue weighted by Crippen LogP contribution is 2.69. The summed E-state index contributed by atoms with van der Waals surface area (Å²) in [7, 11) is 0. The third kappa shape index (κ3) is 2.50. The molecule has 0 unspecified atom stereocenters. The van der Waals surface area contributed by atoms with Crippen molar-refractivity contribution in [3.63, 3.8) is 0 Å². The van der Waals surface area contributed by atoms with Gasteiger partial charge in [-0.2, -0.15) is 0 Å². The topological polar surface area (TPSA) is 105 Å². The normalized spacial score (nSPS) is 38.0. The number of amides is 1. The zero-order valence-corrected chi connectivity index (χ0v) is 19.7. The van der Waals surface area contributed by atoms with Gasteiger partial charge in [-0.25, -0.2) is 0 Å². The van der Waals surface area contributed by atoms with Crippen molar-refractivity contribution in [3.05, 3.63) is 28.5 Å². The maximum atomic E-state index is 13.9. The van der Waals surface area contributed by atoms with Crippen molar-refractivity contribution in [3.8, 4) is 5.75 Å². The summed E-state index contributed by atoms with van der Waals surface area (Å²) in [6.07, 6.45) is 3.41. The summed E-state index contributed by atoms with van der Waals surface area (Å²) >= 11 is 0. The van der Waals surface area contributed by atoms with Crippen LogP contribution < -0.4 is 10.1 Å². The smallest absolute Gasteiger partial charge is 0.235 e. The Morgan fingerprint density at radius 2 is 2.00 bits per heavy atom. The lowest BCUT2D eigenvalue weighted by atomic mass is 9.60. The molecule has 33 heavy (non-hydrogen) atoms. The second kappa shape index (κ2) is 6.36. The summed E-state index contributed by atoms with van der Waals surface area (Å²) in [6.45, 7) is 9.25. The van der Waals surface area contributed by atoms with Gasteiger partial charge in [0, 0.05) is 12.6 Å². The molecule has 1 aromatic rings. The molecule has 3 fully saturated rings. The van der Waals surface area contributed by atoms with Crippen LogP contribution in [0.3, 0.4) is 0 Å². The van der Waals surface area contributed by atoms with Gasteiger partial charge in [-0.1, -0.05) is 19.9 Å². The molecule has 178 valence electrons. The van der Waals surface area contributed by atoms with E-state index in [2.05, 4.69) is 24.1 Å². The number of nitrogens with one attached hydrogen (secondary N) is 1. The van der Waals surface area contributed by atoms with E-state index in [-0.39, 0.29) is 35.7 Å². The first-order chi connectivity index (χ1) is 15.4. The monoisotopic (exact) mass is 454 g/mol. The summed E-state index contributed by atoms with van der Waals surface area (Å²) in [5.74, 6) is 0.0879. The van der Waals surface area contributed by atoms with Crippen LogP contribution in [-0.2, 0) is 10.2 Å². The van der Waals surface area contributed by atoms with E-state index in [1.807, 2.05) is 19.9 Å². The van der Waals surface area contributed by atoms with Crippen LogP contribution in [0.4, 0.5) is 5.69 Å². The van der Waals surface area contributed by atoms with Crippen molar-refractivity contribution in [1.29, 1.82) is 0 Å². The minimum absolute atomic E-state index is 0.0494. The second-order valence-corrected chi connectivity index (χ2v) is 12.0. The van der Waals surface area contributed by atoms with Gasteiger partial charge >= 0.3 is 0 Å². The Morgan fingerprint density at radius 1 is 1.24 bits per heavy atom. The first-order valence-electron chi connectivity index (χ1n) is 12.0. The van der Waals surface area contributed by atoms with Crippen LogP contribution in [0, 0.1) is 16.5 Å². The van der Waals surface area contributed by atoms with Gasteiger partial charge in [0.2, 0.25) is 5.91 Å². The summed E-state index contributed by atoms with van der Waals surface area (Å²) in [6, 6.07) is 4.06. The molecule has 0 radical (unpaired) electrons. The van der Waals surface area contributed by atoms with E-state index in [9.17, 15) is 20.0 Å². The van der Waals surface area contributed by atoms with Crippen molar-refractivity contribution in [1.82, 2.24) is 10.1 Å². The third-order valence-electron chi connectivity index (χ3n) is 9.56. The molecule has 2 N–H and O–H groups in total. The first kappa shape index (κ1) is 21.5. The number of carbonyl (C=O) groups excluding carboxylic acids is 2. The number of carbonyl (C=O) groups is 2. The highest BCUT2D eigenvalue weighted by atomic mass is 16.8. The lowest BCUT2D eigenvalue weighted by Gasteiger charge is -2.55. The van der Waals surface area contributed by atoms with Gasteiger partial charge in [-0.3, -0.25) is 19.7 Å². The largest absolute Gasteiger partial charge is 0.762 e. The molecule has 4 atom stereocenters. The minimum atomic E-state index is -1.07. The van der Waals surface area contributed by atoms with E-state index < -0.39 is 22.0 Å². The zero-order valence-electron chi connectivity index (χ0n) is 19.7. The predicted octanol–water partition coefficient (Wildman–Crippen LogP) is 3.46. The maximum Gasteiger partial charge on any atom is 0.235 e. The maximum absolute atomic E-state index is 13.9. The highest BCUT2D eigenvalue weighted by Gasteiger charge is 2.73. The van der Waals surface area contributed by atoms with Gasteiger partial charge in [0.25, 0.3) is 0 Å². The Kier molecular flexibility index (Phi) is 4.15. The number of hydroxylamine groups is 2. The van der Waals surface area contributed by atoms with Gasteiger partial charge in [-0.15, -0.1) is 0 Å². The molecule has 8 heteroatoms. The summed E-state index contributed by atoms with van der Waals surface area (Å²) < 4.78 is 6.08. The fourth-order valence-electron chi connectivity index (χ4n) is 8.11. The van der Waals surface area contributed by atoms with E-state index in [4.69, 9.17) is 4.74 Å². The van der Waals surface area contributed by atoms with Crippen LogP contribution >= 0.6 is 0 Å². The standard InChI is InChI=1S/C25H32N3O5/c1-22(2)11-16(29)19-17(33-22)8-7-15-20(19)26-21(30)25(15)12-24(28(31)32)13-27-9-5-6-14(27)10-18(24)23(25,3)4/h7-8,14,18,31H,5-6,9-13H2,1-4H3,(H,26,30)/q-1/t14-,18-,24-,25+/m1/s1. The molecule has 0 bridgehead atoms. The molecule has 1 saturated carbocycles. The van der Waals surface area contributed by atoms with Crippen molar-refractivity contribution >= 4 is 17.4 Å². The van der Waals surface area contributed by atoms with Crippen molar-refractivity contribution in [2.45, 2.75) is 82.4 Å². The van der Waals surface area contributed by atoms with E-state index in [0.29, 0.717) is 29.6 Å². The molecule has 6 rings (SSSR count). The molecule has 2 saturated heterocycles. The van der Waals surface area contributed by atoms with Crippen molar-refractivity contribution in [2.24, 2.45) is 11.3 Å². The number of hydrogen-bond acceptors (Lipinski definition) is 7. The molecule has 4 aliphatic heterocycles. The van der Waals surface area contributed by atoms with Gasteiger partial charge in [-0.05, 0) is 69.0 Å². The number of ether oxygens (including phenoxy) is 1. The first-order valence-corrected chi connectivity index (χ1v) is 12.0. The van der Waals surface area contributed by atoms with E-state index in [1.165, 1.54) is 0 Å². The van der Waals surface area contributed by atoms with Crippen molar-refractivity contribution < 1.29 is 19.5 Å². The molecule has 1 amide bonds. The highest BCUT2D eigenvalue weighted by molar-refractivity contribution is 6.15. The molecule has 1 aromatic carbocycles. The number of rotatable bonds is 1. The fourth-order valence-corrected chi connectivity index (χ4v) is 8.11. The molecule has 4 heterocycles. The molecule has 8 nitrogen and oxygen atoms in total. The van der Waals surface area contributed by atoms with Crippen LogP contribution in [-0.4, -0.2) is 57.3 Å².